The maximum Gasteiger partial charge on any atom is 0.311 e. The highest BCUT2D eigenvalue weighted by Gasteiger charge is 2.30. The molecule has 1 aliphatic heterocycles. The molecule has 236 valence electrons. The third-order valence-electron chi connectivity index (χ3n) is 9.27. The number of fused-ring (bicyclic) bond motifs is 1. The van der Waals surface area contributed by atoms with Crippen molar-refractivity contribution in [2.24, 2.45) is 5.92 Å². The highest BCUT2D eigenvalue weighted by Crippen LogP contribution is 2.43. The van der Waals surface area contributed by atoms with Gasteiger partial charge in [-0.15, -0.1) is 0 Å². The van der Waals surface area contributed by atoms with Crippen molar-refractivity contribution < 1.29 is 19.0 Å². The molecule has 1 fully saturated rings. The number of allylic oxidation sites excluding steroid dienone is 1. The van der Waals surface area contributed by atoms with Gasteiger partial charge < -0.3 is 14.2 Å². The number of hydrogen-bond acceptors (Lipinski definition) is 5. The minimum atomic E-state index is -0.108. The number of rotatable bonds is 19. The van der Waals surface area contributed by atoms with Gasteiger partial charge in [0.05, 0.1) is 14.2 Å². The Morgan fingerprint density at radius 2 is 1.42 bits per heavy atom. The Hall–Kier alpha value is -2.79. The lowest BCUT2D eigenvalue weighted by Gasteiger charge is -2.32. The van der Waals surface area contributed by atoms with Crippen molar-refractivity contribution in [3.8, 4) is 11.5 Å². The molecule has 2 aromatic rings. The molecule has 0 radical (unpaired) electrons. The number of unbranched alkanes of at least 4 members (excludes halogenated alkanes) is 10. The molecule has 5 heteroatoms. The molecule has 1 saturated heterocycles. The van der Waals surface area contributed by atoms with E-state index in [4.69, 9.17) is 14.2 Å². The van der Waals surface area contributed by atoms with Gasteiger partial charge in [0.2, 0.25) is 0 Å². The van der Waals surface area contributed by atoms with Crippen molar-refractivity contribution in [1.82, 2.24) is 4.90 Å². The summed E-state index contributed by atoms with van der Waals surface area (Å²) >= 11 is 0. The third kappa shape index (κ3) is 10.4. The molecule has 0 unspecified atom stereocenters. The number of nitrogens with zero attached hydrogens (tertiary/aromatic N) is 1. The molecule has 0 atom stereocenters. The van der Waals surface area contributed by atoms with Crippen LogP contribution in [0.25, 0.3) is 5.76 Å². The molecular weight excluding hydrogens is 534 g/mol. The fourth-order valence-corrected chi connectivity index (χ4v) is 6.71. The van der Waals surface area contributed by atoms with Gasteiger partial charge in [-0.3, -0.25) is 9.69 Å². The van der Waals surface area contributed by atoms with Crippen molar-refractivity contribution in [2.75, 3.05) is 27.3 Å². The summed E-state index contributed by atoms with van der Waals surface area (Å²) < 4.78 is 17.4. The quantitative estimate of drug-likeness (QED) is 0.121. The summed E-state index contributed by atoms with van der Waals surface area (Å²) in [6, 6.07) is 14.8. The first kappa shape index (κ1) is 33.1. The molecule has 2 aliphatic rings. The van der Waals surface area contributed by atoms with Crippen LogP contribution in [0.1, 0.15) is 120 Å². The fourth-order valence-electron chi connectivity index (χ4n) is 6.71. The van der Waals surface area contributed by atoms with E-state index in [1.54, 1.807) is 14.2 Å². The smallest absolute Gasteiger partial charge is 0.311 e. The number of esters is 1. The minimum absolute atomic E-state index is 0.108. The van der Waals surface area contributed by atoms with Crippen molar-refractivity contribution in [1.29, 1.82) is 0 Å². The molecule has 5 nitrogen and oxygen atoms in total. The number of benzene rings is 2. The Bertz CT molecular complexity index is 1150. The molecule has 0 N–H and O–H groups in total. The average molecular weight is 590 g/mol. The van der Waals surface area contributed by atoms with Gasteiger partial charge in [0.15, 0.2) is 11.5 Å². The van der Waals surface area contributed by atoms with E-state index in [9.17, 15) is 4.79 Å². The fraction of sp³-hybridized carbons (Fsp3) is 0.605. The summed E-state index contributed by atoms with van der Waals surface area (Å²) in [5.74, 6) is 2.67. The van der Waals surface area contributed by atoms with E-state index < -0.39 is 0 Å². The van der Waals surface area contributed by atoms with Crippen molar-refractivity contribution in [2.45, 2.75) is 116 Å². The third-order valence-corrected chi connectivity index (χ3v) is 9.27. The summed E-state index contributed by atoms with van der Waals surface area (Å²) in [7, 11) is 3.33. The number of methoxy groups -OCH3 is 2. The molecular formula is C38H55NO4. The molecule has 0 bridgehead atoms. The Morgan fingerprint density at radius 1 is 0.814 bits per heavy atom. The van der Waals surface area contributed by atoms with Crippen LogP contribution in [0.15, 0.2) is 48.0 Å². The molecule has 2 aromatic carbocycles. The number of hydrogen-bond donors (Lipinski definition) is 0. The van der Waals surface area contributed by atoms with E-state index in [0.29, 0.717) is 18.1 Å². The van der Waals surface area contributed by atoms with Crippen LogP contribution >= 0.6 is 0 Å². The van der Waals surface area contributed by atoms with Crippen molar-refractivity contribution in [3.63, 3.8) is 0 Å². The van der Waals surface area contributed by atoms with Crippen LogP contribution in [0.5, 0.6) is 11.5 Å². The predicted molar refractivity (Wildman–Crippen MR) is 176 cm³/mol. The summed E-state index contributed by atoms with van der Waals surface area (Å²) in [5.41, 5.74) is 4.78. The zero-order valence-corrected chi connectivity index (χ0v) is 27.1. The molecule has 0 spiro atoms. The molecule has 4 rings (SSSR count). The largest absolute Gasteiger partial charge is 0.493 e. The summed E-state index contributed by atoms with van der Waals surface area (Å²) in [4.78, 5) is 15.6. The highest BCUT2D eigenvalue weighted by molar-refractivity contribution is 5.83. The Balaban J connectivity index is 1.29. The number of carbonyl (C=O) groups is 1. The second-order valence-electron chi connectivity index (χ2n) is 12.6. The second-order valence-corrected chi connectivity index (χ2v) is 12.6. The van der Waals surface area contributed by atoms with Crippen LogP contribution in [0.2, 0.25) is 0 Å². The number of ether oxygens (including phenoxy) is 3. The molecule has 1 heterocycles. The van der Waals surface area contributed by atoms with Gasteiger partial charge in [-0.05, 0) is 79.9 Å². The standard InChI is InChI=1S/C38H55NO4/c1-4-5-6-7-8-9-10-11-12-13-17-20-37(40)43-38-33(26-32-27-35(41-2)36(42-3)28-34(32)38)25-30-21-23-39(24-22-30)29-31-18-15-14-16-19-31/h14-16,18-19,27-28,30H,4-13,17,20-26,29H2,1-3H3. The van der Waals surface area contributed by atoms with Gasteiger partial charge in [-0.2, -0.15) is 0 Å². The number of piperidine rings is 1. The molecule has 0 aromatic heterocycles. The zero-order valence-electron chi connectivity index (χ0n) is 27.1. The average Bonchev–Trinajstić information content (AvgIpc) is 3.35. The van der Waals surface area contributed by atoms with E-state index in [1.165, 1.54) is 81.8 Å². The van der Waals surface area contributed by atoms with Gasteiger partial charge in [-0.1, -0.05) is 101 Å². The molecule has 43 heavy (non-hydrogen) atoms. The molecule has 1 aliphatic carbocycles. The first-order valence-corrected chi connectivity index (χ1v) is 17.1. The first-order chi connectivity index (χ1) is 21.1. The van der Waals surface area contributed by atoms with Crippen LogP contribution in [-0.2, 0) is 22.5 Å². The first-order valence-electron chi connectivity index (χ1n) is 17.1. The maximum atomic E-state index is 13.1. The van der Waals surface area contributed by atoms with Gasteiger partial charge in [0.1, 0.15) is 5.76 Å². The number of carbonyl (C=O) groups excluding carboxylic acids is 1. The minimum Gasteiger partial charge on any atom is -0.493 e. The Labute approximate surface area is 261 Å². The lowest BCUT2D eigenvalue weighted by molar-refractivity contribution is -0.136. The Morgan fingerprint density at radius 3 is 2.05 bits per heavy atom. The van der Waals surface area contributed by atoms with Crippen LogP contribution in [0.3, 0.4) is 0 Å². The molecule has 0 saturated carbocycles. The van der Waals surface area contributed by atoms with E-state index in [1.807, 2.05) is 6.07 Å². The van der Waals surface area contributed by atoms with Gasteiger partial charge in [-0.25, -0.2) is 0 Å². The summed E-state index contributed by atoms with van der Waals surface area (Å²) in [6.45, 7) is 5.50. The van der Waals surface area contributed by atoms with E-state index in [2.05, 4.69) is 48.2 Å². The zero-order chi connectivity index (χ0) is 30.3. The maximum absolute atomic E-state index is 13.1. The van der Waals surface area contributed by atoms with Crippen LogP contribution in [0.4, 0.5) is 0 Å². The van der Waals surface area contributed by atoms with Gasteiger partial charge in [0, 0.05) is 18.5 Å². The van der Waals surface area contributed by atoms with Crippen LogP contribution < -0.4 is 9.47 Å². The Kier molecular flexibility index (Phi) is 14.0. The second kappa shape index (κ2) is 18.1. The van der Waals surface area contributed by atoms with Crippen LogP contribution in [0, 0.1) is 5.92 Å². The predicted octanol–water partition coefficient (Wildman–Crippen LogP) is 9.52. The molecule has 0 amide bonds. The van der Waals surface area contributed by atoms with E-state index in [-0.39, 0.29) is 5.97 Å². The normalized spacial score (nSPS) is 15.5. The summed E-state index contributed by atoms with van der Waals surface area (Å²) in [5, 5.41) is 0. The topological polar surface area (TPSA) is 48.0 Å². The lowest BCUT2D eigenvalue weighted by Crippen LogP contribution is -2.33. The van der Waals surface area contributed by atoms with Crippen molar-refractivity contribution in [3.05, 3.63) is 64.7 Å². The van der Waals surface area contributed by atoms with E-state index in [0.717, 1.165) is 68.0 Å². The van der Waals surface area contributed by atoms with Crippen LogP contribution in [-0.4, -0.2) is 38.2 Å². The number of likely N-dealkylation sites (tertiary alicyclic amines) is 1. The highest BCUT2D eigenvalue weighted by atomic mass is 16.5. The monoisotopic (exact) mass is 589 g/mol. The summed E-state index contributed by atoms with van der Waals surface area (Å²) in [6.07, 6.45) is 18.6. The van der Waals surface area contributed by atoms with Gasteiger partial charge in [0.25, 0.3) is 0 Å². The lowest BCUT2D eigenvalue weighted by atomic mass is 9.89. The van der Waals surface area contributed by atoms with E-state index >= 15 is 0 Å². The van der Waals surface area contributed by atoms with Gasteiger partial charge >= 0.3 is 5.97 Å². The van der Waals surface area contributed by atoms with Crippen molar-refractivity contribution >= 4 is 11.7 Å². The SMILES string of the molecule is CCCCCCCCCCCCCC(=O)OC1=C(CC2CCN(Cc3ccccc3)CC2)Cc2cc(OC)c(OC)cc21.